The second-order valence-corrected chi connectivity index (χ2v) is 5.91. The number of rotatable bonds is 3. The third kappa shape index (κ3) is 2.89. The van der Waals surface area contributed by atoms with Gasteiger partial charge < -0.3 is 4.74 Å². The second kappa shape index (κ2) is 4.45. The lowest BCUT2D eigenvalue weighted by Crippen LogP contribution is -2.36. The predicted octanol–water partition coefficient (Wildman–Crippen LogP) is 3.30. The average molecular weight is 226 g/mol. The van der Waals surface area contributed by atoms with E-state index in [9.17, 15) is 4.79 Å². The molecule has 1 aromatic rings. The Kier molecular flexibility index (Phi) is 3.68. The molecule has 84 valence electrons. The minimum atomic E-state index is -0.369. The van der Waals surface area contributed by atoms with Crippen molar-refractivity contribution in [2.75, 3.05) is 7.11 Å². The lowest BCUT2D eigenvalue weighted by atomic mass is 9.85. The fourth-order valence-corrected chi connectivity index (χ4v) is 2.27. The van der Waals surface area contributed by atoms with Crippen LogP contribution in [0.25, 0.3) is 0 Å². The summed E-state index contributed by atoms with van der Waals surface area (Å²) in [6, 6.07) is 1.92. The number of aryl methyl sites for hydroxylation is 1. The van der Waals surface area contributed by atoms with Crippen molar-refractivity contribution in [3.8, 4) is 0 Å². The first-order chi connectivity index (χ1) is 6.86. The van der Waals surface area contributed by atoms with E-state index < -0.39 is 0 Å². The zero-order valence-electron chi connectivity index (χ0n) is 9.96. The number of hydrogen-bond acceptors (Lipinski definition) is 3. The monoisotopic (exact) mass is 226 g/mol. The topological polar surface area (TPSA) is 26.3 Å². The summed E-state index contributed by atoms with van der Waals surface area (Å²) in [5.74, 6) is 0.0781. The largest absolute Gasteiger partial charge is 0.373 e. The number of thiophene rings is 1. The molecule has 15 heavy (non-hydrogen) atoms. The molecule has 2 nitrogen and oxygen atoms in total. The van der Waals surface area contributed by atoms with Gasteiger partial charge >= 0.3 is 0 Å². The minimum absolute atomic E-state index is 0.0781. The van der Waals surface area contributed by atoms with Gasteiger partial charge in [0.05, 0.1) is 0 Å². The second-order valence-electron chi connectivity index (χ2n) is 4.79. The van der Waals surface area contributed by atoms with Crippen LogP contribution in [-0.2, 0) is 4.74 Å². The molecule has 1 atom stereocenters. The Balaban J connectivity index is 2.92. The molecule has 3 heteroatoms. The Hall–Kier alpha value is -0.670. The van der Waals surface area contributed by atoms with Gasteiger partial charge in [0.25, 0.3) is 0 Å². The predicted molar refractivity (Wildman–Crippen MR) is 63.6 cm³/mol. The van der Waals surface area contributed by atoms with Crippen LogP contribution < -0.4 is 0 Å². The fourth-order valence-electron chi connectivity index (χ4n) is 1.58. The zero-order chi connectivity index (χ0) is 11.6. The Bertz CT molecular complexity index is 347. The zero-order valence-corrected chi connectivity index (χ0v) is 10.8. The quantitative estimate of drug-likeness (QED) is 0.739. The molecule has 0 aromatic carbocycles. The third-order valence-electron chi connectivity index (χ3n) is 2.28. The molecule has 0 saturated carbocycles. The van der Waals surface area contributed by atoms with E-state index in [1.807, 2.05) is 39.1 Å². The highest BCUT2D eigenvalue weighted by Gasteiger charge is 2.32. The minimum Gasteiger partial charge on any atom is -0.373 e. The highest BCUT2D eigenvalue weighted by Crippen LogP contribution is 2.26. The van der Waals surface area contributed by atoms with E-state index in [4.69, 9.17) is 4.74 Å². The van der Waals surface area contributed by atoms with Crippen LogP contribution in [0.3, 0.4) is 0 Å². The first kappa shape index (κ1) is 12.4. The maximum Gasteiger partial charge on any atom is 0.192 e. The summed E-state index contributed by atoms with van der Waals surface area (Å²) in [6.45, 7) is 8.04. The van der Waals surface area contributed by atoms with Crippen molar-refractivity contribution in [2.45, 2.75) is 33.8 Å². The van der Waals surface area contributed by atoms with Gasteiger partial charge in [0, 0.05) is 22.9 Å². The number of Topliss-reactive ketones (excluding diaryl/α,β-unsaturated/α-hetero) is 1. The molecule has 0 bridgehead atoms. The third-order valence-corrected chi connectivity index (χ3v) is 3.14. The summed E-state index contributed by atoms with van der Waals surface area (Å²) in [5.41, 5.74) is 0.598. The first-order valence-corrected chi connectivity index (χ1v) is 5.86. The van der Waals surface area contributed by atoms with Gasteiger partial charge in [-0.15, -0.1) is 11.3 Å². The Labute approximate surface area is 95.3 Å². The molecular formula is C12H18O2S. The Morgan fingerprint density at radius 1 is 1.47 bits per heavy atom. The maximum atomic E-state index is 12.1. The summed E-state index contributed by atoms with van der Waals surface area (Å²) >= 11 is 1.59. The molecule has 0 spiro atoms. The lowest BCUT2D eigenvalue weighted by Gasteiger charge is -2.27. The SMILES string of the molecule is COC(C(=O)c1csc(C)c1)C(C)(C)C. The van der Waals surface area contributed by atoms with Crippen LogP contribution in [0, 0.1) is 12.3 Å². The summed E-state index contributed by atoms with van der Waals surface area (Å²) in [5, 5.41) is 1.90. The molecule has 0 saturated heterocycles. The summed E-state index contributed by atoms with van der Waals surface area (Å²) in [6.07, 6.45) is -0.369. The van der Waals surface area contributed by atoms with Crippen LogP contribution in [0.5, 0.6) is 0 Å². The highest BCUT2D eigenvalue weighted by molar-refractivity contribution is 7.10. The number of carbonyl (C=O) groups excluding carboxylic acids is 1. The molecule has 0 aliphatic carbocycles. The van der Waals surface area contributed by atoms with Crippen molar-refractivity contribution in [3.05, 3.63) is 21.9 Å². The molecule has 1 unspecified atom stereocenters. The van der Waals surface area contributed by atoms with Crippen LogP contribution in [0.15, 0.2) is 11.4 Å². The lowest BCUT2D eigenvalue weighted by molar-refractivity contribution is 0.0196. The van der Waals surface area contributed by atoms with Crippen LogP contribution in [-0.4, -0.2) is 19.0 Å². The van der Waals surface area contributed by atoms with Crippen molar-refractivity contribution >= 4 is 17.1 Å². The molecule has 0 aliphatic heterocycles. The fraction of sp³-hybridized carbons (Fsp3) is 0.583. The van der Waals surface area contributed by atoms with Gasteiger partial charge in [0.15, 0.2) is 5.78 Å². The van der Waals surface area contributed by atoms with Gasteiger partial charge in [-0.1, -0.05) is 20.8 Å². The number of ketones is 1. The van der Waals surface area contributed by atoms with Gasteiger partial charge in [-0.25, -0.2) is 0 Å². The van der Waals surface area contributed by atoms with E-state index in [0.29, 0.717) is 0 Å². The van der Waals surface area contributed by atoms with Crippen molar-refractivity contribution in [2.24, 2.45) is 5.41 Å². The molecule has 0 amide bonds. The van der Waals surface area contributed by atoms with Crippen molar-refractivity contribution in [1.29, 1.82) is 0 Å². The molecule has 1 heterocycles. The average Bonchev–Trinajstić information content (AvgIpc) is 2.50. The van der Waals surface area contributed by atoms with Gasteiger partial charge in [0.2, 0.25) is 0 Å². The standard InChI is InChI=1S/C12H18O2S/c1-8-6-9(7-15-8)10(13)11(14-5)12(2,3)4/h6-7,11H,1-5H3. The van der Waals surface area contributed by atoms with Crippen molar-refractivity contribution in [1.82, 2.24) is 0 Å². The van der Waals surface area contributed by atoms with Crippen molar-refractivity contribution < 1.29 is 9.53 Å². The Morgan fingerprint density at radius 2 is 2.07 bits per heavy atom. The van der Waals surface area contributed by atoms with Crippen LogP contribution in [0.4, 0.5) is 0 Å². The first-order valence-electron chi connectivity index (χ1n) is 4.98. The number of methoxy groups -OCH3 is 1. The molecule has 0 radical (unpaired) electrons. The number of hydrogen-bond donors (Lipinski definition) is 0. The van der Waals surface area contributed by atoms with Crippen LogP contribution >= 0.6 is 11.3 Å². The van der Waals surface area contributed by atoms with E-state index >= 15 is 0 Å². The van der Waals surface area contributed by atoms with Gasteiger partial charge in [-0.3, -0.25) is 4.79 Å². The van der Waals surface area contributed by atoms with E-state index in [0.717, 1.165) is 10.4 Å². The van der Waals surface area contributed by atoms with Crippen molar-refractivity contribution in [3.63, 3.8) is 0 Å². The number of ether oxygens (including phenoxy) is 1. The highest BCUT2D eigenvalue weighted by atomic mass is 32.1. The van der Waals surface area contributed by atoms with Gasteiger partial charge in [-0.05, 0) is 18.4 Å². The summed E-state index contributed by atoms with van der Waals surface area (Å²) < 4.78 is 5.30. The van der Waals surface area contributed by atoms with E-state index in [1.54, 1.807) is 18.4 Å². The van der Waals surface area contributed by atoms with Crippen LogP contribution in [0.2, 0.25) is 0 Å². The van der Waals surface area contributed by atoms with E-state index in [1.165, 1.54) is 0 Å². The molecule has 0 aliphatic rings. The maximum absolute atomic E-state index is 12.1. The van der Waals surface area contributed by atoms with Gasteiger partial charge in [-0.2, -0.15) is 0 Å². The van der Waals surface area contributed by atoms with Crippen LogP contribution in [0.1, 0.15) is 36.0 Å². The van der Waals surface area contributed by atoms with E-state index in [-0.39, 0.29) is 17.3 Å². The van der Waals surface area contributed by atoms with Gasteiger partial charge in [0.1, 0.15) is 6.10 Å². The molecule has 0 fully saturated rings. The molecule has 1 rings (SSSR count). The number of carbonyl (C=O) groups is 1. The molecule has 1 aromatic heterocycles. The normalized spacial score (nSPS) is 13.9. The smallest absolute Gasteiger partial charge is 0.192 e. The molecule has 0 N–H and O–H groups in total. The Morgan fingerprint density at radius 3 is 2.40 bits per heavy atom. The summed E-state index contributed by atoms with van der Waals surface area (Å²) in [4.78, 5) is 13.3. The van der Waals surface area contributed by atoms with E-state index in [2.05, 4.69) is 0 Å². The summed E-state index contributed by atoms with van der Waals surface area (Å²) in [7, 11) is 1.59. The molecular weight excluding hydrogens is 208 g/mol.